The van der Waals surface area contributed by atoms with Gasteiger partial charge in [0.05, 0.1) is 11.8 Å². The third-order valence-corrected chi connectivity index (χ3v) is 4.23. The molecule has 0 aromatic heterocycles. The molecule has 0 N–H and O–H groups in total. The molecule has 4 nitrogen and oxygen atoms in total. The van der Waals surface area contributed by atoms with E-state index in [2.05, 4.69) is 24.8 Å². The van der Waals surface area contributed by atoms with Crippen LogP contribution in [-0.2, 0) is 9.84 Å². The summed E-state index contributed by atoms with van der Waals surface area (Å²) >= 11 is 0. The van der Waals surface area contributed by atoms with Crippen molar-refractivity contribution in [3.8, 4) is 6.07 Å². The zero-order valence-electron chi connectivity index (χ0n) is 11.1. The summed E-state index contributed by atoms with van der Waals surface area (Å²) in [5.74, 6) is 0.960. The van der Waals surface area contributed by atoms with Gasteiger partial charge >= 0.3 is 0 Å². The number of sulfone groups is 1. The van der Waals surface area contributed by atoms with Crippen LogP contribution < -0.4 is 0 Å². The molecular weight excluding hydrogens is 236 g/mol. The Balaban J connectivity index is 4.20. The van der Waals surface area contributed by atoms with Gasteiger partial charge in [0.15, 0.2) is 9.84 Å². The fourth-order valence-corrected chi connectivity index (χ4v) is 3.06. The summed E-state index contributed by atoms with van der Waals surface area (Å²) < 4.78 is 23.2. The molecule has 0 spiro atoms. The van der Waals surface area contributed by atoms with E-state index in [1.807, 2.05) is 6.92 Å². The Kier molecular flexibility index (Phi) is 8.19. The molecule has 0 aliphatic rings. The predicted octanol–water partition coefficient (Wildman–Crippen LogP) is 1.68. The van der Waals surface area contributed by atoms with Crippen molar-refractivity contribution in [1.29, 1.82) is 5.26 Å². The van der Waals surface area contributed by atoms with Crippen LogP contribution in [0.4, 0.5) is 0 Å². The summed E-state index contributed by atoms with van der Waals surface area (Å²) in [6.07, 6.45) is 1.13. The molecule has 0 rings (SSSR count). The first-order chi connectivity index (χ1) is 7.91. The molecule has 0 saturated carbocycles. The number of hydrogen-bond acceptors (Lipinski definition) is 4. The molecule has 5 heteroatoms. The van der Waals surface area contributed by atoms with Crippen molar-refractivity contribution in [3.05, 3.63) is 0 Å². The molecule has 0 saturated heterocycles. The number of rotatable bonds is 9. The molecule has 0 aliphatic carbocycles. The van der Waals surface area contributed by atoms with E-state index in [0.29, 0.717) is 31.8 Å². The van der Waals surface area contributed by atoms with Gasteiger partial charge in [0, 0.05) is 31.8 Å². The van der Waals surface area contributed by atoms with Crippen LogP contribution in [0.15, 0.2) is 0 Å². The zero-order valence-corrected chi connectivity index (χ0v) is 12.0. The van der Waals surface area contributed by atoms with E-state index < -0.39 is 9.84 Å². The van der Waals surface area contributed by atoms with Gasteiger partial charge in [-0.2, -0.15) is 5.26 Å². The van der Waals surface area contributed by atoms with Gasteiger partial charge in [0.25, 0.3) is 0 Å². The van der Waals surface area contributed by atoms with Gasteiger partial charge in [0.1, 0.15) is 0 Å². The number of nitrogens with zero attached hydrogens (tertiary/aromatic N) is 2. The number of hydrogen-bond donors (Lipinski definition) is 0. The largest absolute Gasteiger partial charge is 0.301 e. The first-order valence-electron chi connectivity index (χ1n) is 6.21. The summed E-state index contributed by atoms with van der Waals surface area (Å²) in [4.78, 5) is 2.07. The molecule has 0 amide bonds. The van der Waals surface area contributed by atoms with Crippen molar-refractivity contribution < 1.29 is 8.42 Å². The van der Waals surface area contributed by atoms with E-state index >= 15 is 0 Å². The molecule has 0 aromatic carbocycles. The third kappa shape index (κ3) is 9.13. The SMILES string of the molecule is CCCS(=O)(=O)CCN(CCC#N)CC(C)C. The molecule has 0 atom stereocenters. The minimum atomic E-state index is -2.91. The second kappa shape index (κ2) is 8.48. The van der Waals surface area contributed by atoms with Crippen LogP contribution in [0.25, 0.3) is 0 Å². The van der Waals surface area contributed by atoms with Crippen molar-refractivity contribution in [1.82, 2.24) is 4.90 Å². The van der Waals surface area contributed by atoms with E-state index in [-0.39, 0.29) is 11.5 Å². The standard InChI is InChI=1S/C12H24N2O2S/c1-4-9-17(15,16)10-8-14(7-5-6-13)11-12(2)3/h12H,4-5,7-11H2,1-3H3. The first-order valence-corrected chi connectivity index (χ1v) is 8.03. The molecule has 0 aromatic rings. The fourth-order valence-electron chi connectivity index (χ4n) is 1.70. The molecule has 0 radical (unpaired) electrons. The van der Waals surface area contributed by atoms with Crippen LogP contribution >= 0.6 is 0 Å². The smallest absolute Gasteiger partial charge is 0.151 e. The van der Waals surface area contributed by atoms with Crippen molar-refractivity contribution in [3.63, 3.8) is 0 Å². The summed E-state index contributed by atoms with van der Waals surface area (Å²) in [6.45, 7) is 8.13. The molecule has 0 fully saturated rings. The lowest BCUT2D eigenvalue weighted by Gasteiger charge is -2.22. The zero-order chi connectivity index (χ0) is 13.3. The lowest BCUT2D eigenvalue weighted by atomic mass is 10.2. The fraction of sp³-hybridized carbons (Fsp3) is 0.917. The van der Waals surface area contributed by atoms with E-state index in [0.717, 1.165) is 6.54 Å². The van der Waals surface area contributed by atoms with E-state index in [1.165, 1.54) is 0 Å². The topological polar surface area (TPSA) is 61.2 Å². The van der Waals surface area contributed by atoms with Crippen molar-refractivity contribution in [2.75, 3.05) is 31.1 Å². The Hall–Kier alpha value is -0.600. The number of nitriles is 1. The minimum absolute atomic E-state index is 0.207. The van der Waals surface area contributed by atoms with Crippen molar-refractivity contribution >= 4 is 9.84 Å². The van der Waals surface area contributed by atoms with Crippen LogP contribution in [0.2, 0.25) is 0 Å². The van der Waals surface area contributed by atoms with E-state index in [4.69, 9.17) is 5.26 Å². The summed E-state index contributed by atoms with van der Waals surface area (Å²) in [5, 5.41) is 8.57. The van der Waals surface area contributed by atoms with Gasteiger partial charge in [-0.3, -0.25) is 0 Å². The second-order valence-corrected chi connectivity index (χ2v) is 7.06. The van der Waals surface area contributed by atoms with Gasteiger partial charge in [0.2, 0.25) is 0 Å². The maximum atomic E-state index is 11.6. The third-order valence-electron chi connectivity index (χ3n) is 2.40. The molecular formula is C12H24N2O2S. The Labute approximate surface area is 106 Å². The van der Waals surface area contributed by atoms with Crippen LogP contribution in [-0.4, -0.2) is 44.5 Å². The average Bonchev–Trinajstić information content (AvgIpc) is 2.21. The maximum absolute atomic E-state index is 11.6. The quantitative estimate of drug-likeness (QED) is 0.633. The minimum Gasteiger partial charge on any atom is -0.301 e. The van der Waals surface area contributed by atoms with Gasteiger partial charge in [-0.05, 0) is 12.3 Å². The average molecular weight is 260 g/mol. The highest BCUT2D eigenvalue weighted by Crippen LogP contribution is 2.02. The van der Waals surface area contributed by atoms with Crippen molar-refractivity contribution in [2.45, 2.75) is 33.6 Å². The van der Waals surface area contributed by atoms with E-state index in [9.17, 15) is 8.42 Å². The van der Waals surface area contributed by atoms with Crippen LogP contribution in [0.1, 0.15) is 33.6 Å². The normalized spacial score (nSPS) is 12.0. The Bertz CT molecular complexity index is 331. The van der Waals surface area contributed by atoms with Gasteiger partial charge in [-0.1, -0.05) is 20.8 Å². The van der Waals surface area contributed by atoms with Crippen LogP contribution in [0.5, 0.6) is 0 Å². The summed E-state index contributed by atoms with van der Waals surface area (Å²) in [7, 11) is -2.91. The van der Waals surface area contributed by atoms with E-state index in [1.54, 1.807) is 0 Å². The molecule has 0 unspecified atom stereocenters. The highest BCUT2D eigenvalue weighted by atomic mass is 32.2. The molecule has 0 aliphatic heterocycles. The predicted molar refractivity (Wildman–Crippen MR) is 70.5 cm³/mol. The van der Waals surface area contributed by atoms with Crippen LogP contribution in [0, 0.1) is 17.2 Å². The van der Waals surface area contributed by atoms with Gasteiger partial charge in [-0.25, -0.2) is 8.42 Å². The molecule has 0 bridgehead atoms. The second-order valence-electron chi connectivity index (χ2n) is 4.75. The molecule has 0 heterocycles. The van der Waals surface area contributed by atoms with Gasteiger partial charge in [-0.15, -0.1) is 0 Å². The molecule has 100 valence electrons. The summed E-state index contributed by atoms with van der Waals surface area (Å²) in [5.41, 5.74) is 0. The molecule has 17 heavy (non-hydrogen) atoms. The summed E-state index contributed by atoms with van der Waals surface area (Å²) in [6, 6.07) is 2.10. The Morgan fingerprint density at radius 3 is 2.35 bits per heavy atom. The first kappa shape index (κ1) is 16.4. The van der Waals surface area contributed by atoms with Crippen molar-refractivity contribution in [2.24, 2.45) is 5.92 Å². The Morgan fingerprint density at radius 1 is 1.24 bits per heavy atom. The van der Waals surface area contributed by atoms with Crippen LogP contribution in [0.3, 0.4) is 0 Å². The highest BCUT2D eigenvalue weighted by Gasteiger charge is 2.13. The monoisotopic (exact) mass is 260 g/mol. The van der Waals surface area contributed by atoms with Gasteiger partial charge < -0.3 is 4.90 Å². The maximum Gasteiger partial charge on any atom is 0.151 e. The lowest BCUT2D eigenvalue weighted by Crippen LogP contribution is -2.33. The lowest BCUT2D eigenvalue weighted by molar-refractivity contribution is 0.262. The Morgan fingerprint density at radius 2 is 1.88 bits per heavy atom. The highest BCUT2D eigenvalue weighted by molar-refractivity contribution is 7.91.